The van der Waals surface area contributed by atoms with Crippen molar-refractivity contribution in [1.82, 2.24) is 0 Å². The molecule has 1 unspecified atom stereocenters. The third-order valence-electron chi connectivity index (χ3n) is 2.60. The zero-order valence-electron chi connectivity index (χ0n) is 9.28. The van der Waals surface area contributed by atoms with Crippen LogP contribution in [0, 0.1) is 5.82 Å². The normalized spacial score (nSPS) is 14.6. The summed E-state index contributed by atoms with van der Waals surface area (Å²) in [7, 11) is 0. The van der Waals surface area contributed by atoms with Crippen molar-refractivity contribution in [2.45, 2.75) is 18.9 Å². The van der Waals surface area contributed by atoms with E-state index in [1.54, 1.807) is 31.2 Å². The van der Waals surface area contributed by atoms with Crippen LogP contribution >= 0.6 is 22.9 Å². The van der Waals surface area contributed by atoms with Gasteiger partial charge >= 0.3 is 0 Å². The molecule has 0 bridgehead atoms. The molecule has 0 spiro atoms. The maximum Gasteiger partial charge on any atom is 0.126 e. The highest BCUT2D eigenvalue weighted by Crippen LogP contribution is 2.35. The van der Waals surface area contributed by atoms with E-state index in [1.807, 2.05) is 5.38 Å². The molecule has 2 rings (SSSR count). The Morgan fingerprint density at radius 2 is 2.06 bits per heavy atom. The van der Waals surface area contributed by atoms with Crippen molar-refractivity contribution in [3.63, 3.8) is 0 Å². The van der Waals surface area contributed by atoms with E-state index in [0.717, 1.165) is 0 Å². The molecule has 0 fully saturated rings. The maximum absolute atomic E-state index is 13.5. The van der Waals surface area contributed by atoms with Gasteiger partial charge < -0.3 is 5.11 Å². The van der Waals surface area contributed by atoms with Gasteiger partial charge in [0.25, 0.3) is 0 Å². The number of thiophene rings is 1. The summed E-state index contributed by atoms with van der Waals surface area (Å²) >= 11 is 7.36. The topological polar surface area (TPSA) is 20.2 Å². The number of rotatable bonds is 3. The van der Waals surface area contributed by atoms with Crippen LogP contribution < -0.4 is 0 Å². The molecule has 0 amide bonds. The van der Waals surface area contributed by atoms with E-state index >= 15 is 0 Å². The average molecular weight is 271 g/mol. The molecule has 1 nitrogen and oxygen atoms in total. The van der Waals surface area contributed by atoms with Crippen LogP contribution in [0.4, 0.5) is 4.39 Å². The molecule has 0 saturated heterocycles. The van der Waals surface area contributed by atoms with Gasteiger partial charge in [0.15, 0.2) is 0 Å². The lowest BCUT2D eigenvalue weighted by Crippen LogP contribution is -2.23. The fourth-order valence-electron chi connectivity index (χ4n) is 1.77. The molecular weight excluding hydrogens is 259 g/mol. The summed E-state index contributed by atoms with van der Waals surface area (Å²) in [5.41, 5.74) is -0.657. The van der Waals surface area contributed by atoms with Crippen LogP contribution in [0.2, 0.25) is 5.02 Å². The van der Waals surface area contributed by atoms with Crippen molar-refractivity contribution in [2.75, 3.05) is 0 Å². The van der Waals surface area contributed by atoms with Crippen LogP contribution in [0.1, 0.15) is 17.4 Å². The number of hydrogen-bond donors (Lipinski definition) is 1. The number of halogens is 2. The van der Waals surface area contributed by atoms with Crippen LogP contribution in [0.25, 0.3) is 0 Å². The molecule has 0 radical (unpaired) electrons. The van der Waals surface area contributed by atoms with Gasteiger partial charge in [-0.05, 0) is 30.0 Å². The minimum absolute atomic E-state index is 0.208. The summed E-state index contributed by atoms with van der Waals surface area (Å²) in [6.45, 7) is 1.65. The van der Waals surface area contributed by atoms with Crippen LogP contribution in [-0.2, 0) is 12.0 Å². The molecule has 1 aromatic heterocycles. The first-order chi connectivity index (χ1) is 8.00. The number of aliphatic hydroxyl groups is 1. The first kappa shape index (κ1) is 12.6. The van der Waals surface area contributed by atoms with Crippen LogP contribution in [0.15, 0.2) is 35.7 Å². The predicted molar refractivity (Wildman–Crippen MR) is 69.0 cm³/mol. The highest BCUT2D eigenvalue weighted by atomic mass is 35.5. The second-order valence-corrected chi connectivity index (χ2v) is 5.46. The molecule has 90 valence electrons. The largest absolute Gasteiger partial charge is 0.384 e. The molecule has 2 aromatic rings. The molecule has 1 N–H and O–H groups in total. The highest BCUT2D eigenvalue weighted by molar-refractivity contribution is 7.10. The first-order valence-corrected chi connectivity index (χ1v) is 6.46. The molecule has 1 heterocycles. The summed E-state index contributed by atoms with van der Waals surface area (Å²) in [4.78, 5) is 0.669. The molecule has 0 aliphatic carbocycles. The lowest BCUT2D eigenvalue weighted by atomic mass is 9.94. The third kappa shape index (κ3) is 2.68. The quantitative estimate of drug-likeness (QED) is 0.894. The Balaban J connectivity index is 2.30. The van der Waals surface area contributed by atoms with Gasteiger partial charge in [-0.15, -0.1) is 11.3 Å². The van der Waals surface area contributed by atoms with E-state index in [-0.39, 0.29) is 12.2 Å². The van der Waals surface area contributed by atoms with Gasteiger partial charge in [0.2, 0.25) is 0 Å². The van der Waals surface area contributed by atoms with Crippen LogP contribution in [0.5, 0.6) is 0 Å². The smallest absolute Gasteiger partial charge is 0.126 e. The van der Waals surface area contributed by atoms with Crippen molar-refractivity contribution in [2.24, 2.45) is 0 Å². The Kier molecular flexibility index (Phi) is 3.52. The molecule has 0 saturated carbocycles. The van der Waals surface area contributed by atoms with Crippen molar-refractivity contribution >= 4 is 22.9 Å². The van der Waals surface area contributed by atoms with Crippen molar-refractivity contribution in [1.29, 1.82) is 0 Å². The van der Waals surface area contributed by atoms with Crippen molar-refractivity contribution in [3.8, 4) is 0 Å². The zero-order chi connectivity index (χ0) is 12.5. The van der Waals surface area contributed by atoms with E-state index < -0.39 is 5.60 Å². The van der Waals surface area contributed by atoms with Gasteiger partial charge in [0.1, 0.15) is 11.4 Å². The van der Waals surface area contributed by atoms with Gasteiger partial charge in [0.05, 0.1) is 9.90 Å². The monoisotopic (exact) mass is 270 g/mol. The van der Waals surface area contributed by atoms with Crippen molar-refractivity contribution < 1.29 is 9.50 Å². The molecule has 17 heavy (non-hydrogen) atoms. The van der Waals surface area contributed by atoms with Crippen molar-refractivity contribution in [3.05, 3.63) is 57.0 Å². The molecular formula is C13H12ClFOS. The van der Waals surface area contributed by atoms with E-state index in [4.69, 9.17) is 11.6 Å². The summed E-state index contributed by atoms with van der Waals surface area (Å²) in [5, 5.41) is 12.7. The zero-order valence-corrected chi connectivity index (χ0v) is 10.9. The van der Waals surface area contributed by atoms with Gasteiger partial charge in [0, 0.05) is 6.42 Å². The maximum atomic E-state index is 13.5. The van der Waals surface area contributed by atoms with Gasteiger partial charge in [-0.25, -0.2) is 4.39 Å². The summed E-state index contributed by atoms with van der Waals surface area (Å²) < 4.78 is 13.5. The minimum atomic E-state index is -1.15. The molecule has 1 atom stereocenters. The van der Waals surface area contributed by atoms with Crippen LogP contribution in [-0.4, -0.2) is 5.11 Å². The SMILES string of the molecule is CC(O)(Cc1ccccc1F)c1sccc1Cl. The Bertz CT molecular complexity index is 522. The summed E-state index contributed by atoms with van der Waals surface area (Å²) in [6, 6.07) is 8.18. The van der Waals surface area contributed by atoms with E-state index in [0.29, 0.717) is 15.5 Å². The average Bonchev–Trinajstić information content (AvgIpc) is 2.68. The lowest BCUT2D eigenvalue weighted by molar-refractivity contribution is 0.0606. The minimum Gasteiger partial charge on any atom is -0.384 e. The Morgan fingerprint density at radius 3 is 2.65 bits per heavy atom. The van der Waals surface area contributed by atoms with Gasteiger partial charge in [-0.2, -0.15) is 0 Å². The fraction of sp³-hybridized carbons (Fsp3) is 0.231. The Hall–Kier alpha value is -0.900. The Labute approximate surface area is 108 Å². The fourth-order valence-corrected chi connectivity index (χ4v) is 3.09. The molecule has 0 aliphatic rings. The van der Waals surface area contributed by atoms with E-state index in [2.05, 4.69) is 0 Å². The highest BCUT2D eigenvalue weighted by Gasteiger charge is 2.28. The molecule has 4 heteroatoms. The summed E-state index contributed by atoms with van der Waals surface area (Å²) in [5.74, 6) is -0.305. The summed E-state index contributed by atoms with van der Waals surface area (Å²) in [6.07, 6.45) is 0.208. The second-order valence-electron chi connectivity index (χ2n) is 4.14. The van der Waals surface area contributed by atoms with E-state index in [9.17, 15) is 9.50 Å². The van der Waals surface area contributed by atoms with Gasteiger partial charge in [-0.3, -0.25) is 0 Å². The first-order valence-electron chi connectivity index (χ1n) is 5.20. The lowest BCUT2D eigenvalue weighted by Gasteiger charge is -2.22. The molecule has 1 aromatic carbocycles. The number of benzene rings is 1. The standard InChI is InChI=1S/C13H12ClFOS/c1-13(16,12-10(14)6-7-17-12)8-9-4-2-3-5-11(9)15/h2-7,16H,8H2,1H3. The predicted octanol–water partition coefficient (Wildman–Crippen LogP) is 3.99. The second kappa shape index (κ2) is 4.77. The number of hydrogen-bond acceptors (Lipinski definition) is 2. The van der Waals surface area contributed by atoms with E-state index in [1.165, 1.54) is 17.4 Å². The van der Waals surface area contributed by atoms with Gasteiger partial charge in [-0.1, -0.05) is 29.8 Å². The third-order valence-corrected chi connectivity index (χ3v) is 4.19. The Morgan fingerprint density at radius 1 is 1.35 bits per heavy atom. The molecule has 0 aliphatic heterocycles. The van der Waals surface area contributed by atoms with Crippen LogP contribution in [0.3, 0.4) is 0 Å².